The Bertz CT molecular complexity index is 2150. The second-order valence-corrected chi connectivity index (χ2v) is 14.4. The van der Waals surface area contributed by atoms with E-state index in [4.69, 9.17) is 28.4 Å². The second-order valence-electron chi connectivity index (χ2n) is 13.3. The number of hydrogen-bond donors (Lipinski definition) is 2. The van der Waals surface area contributed by atoms with E-state index >= 15 is 0 Å². The molecule has 0 atom stereocenters. The summed E-state index contributed by atoms with van der Waals surface area (Å²) in [5.74, 6) is -0.181. The molecule has 0 saturated carbocycles. The lowest BCUT2D eigenvalue weighted by Crippen LogP contribution is -2.22. The average Bonchev–Trinajstić information content (AvgIpc) is 3.69. The lowest BCUT2D eigenvalue weighted by atomic mass is 10.1. The van der Waals surface area contributed by atoms with Gasteiger partial charge in [-0.1, -0.05) is 36.6 Å². The van der Waals surface area contributed by atoms with Gasteiger partial charge in [-0.05, 0) is 130 Å². The zero-order valence-corrected chi connectivity index (χ0v) is 34.2. The normalized spacial score (nSPS) is 10.7. The van der Waals surface area contributed by atoms with Crippen LogP contribution in [0.2, 0.25) is 0 Å². The highest BCUT2D eigenvalue weighted by atomic mass is 32.1. The van der Waals surface area contributed by atoms with Crippen LogP contribution in [-0.2, 0) is 25.6 Å². The third kappa shape index (κ3) is 15.0. The Hall–Kier alpha value is -6.51. The van der Waals surface area contributed by atoms with Gasteiger partial charge in [-0.25, -0.2) is 29.6 Å². The SMILES string of the molecule is C=CC(=O)OCCCCCCOc1ccc(C(=O)Oc2ccc(OC(=O)c3ccc(OCCCCCCOC(=O)C=C)cc3)c(CNNc3nc4ccccc4s3)c2)cc1. The van der Waals surface area contributed by atoms with E-state index < -0.39 is 23.9 Å². The summed E-state index contributed by atoms with van der Waals surface area (Å²) in [7, 11) is 0. The topological polar surface area (TPSA) is 161 Å². The Morgan fingerprint density at radius 3 is 1.67 bits per heavy atom. The van der Waals surface area contributed by atoms with E-state index in [0.29, 0.717) is 59.7 Å². The van der Waals surface area contributed by atoms with Crippen molar-refractivity contribution in [1.82, 2.24) is 10.4 Å². The zero-order chi connectivity index (χ0) is 42.4. The molecule has 0 radical (unpaired) electrons. The molecule has 0 spiro atoms. The maximum Gasteiger partial charge on any atom is 0.343 e. The van der Waals surface area contributed by atoms with Gasteiger partial charge >= 0.3 is 23.9 Å². The largest absolute Gasteiger partial charge is 0.494 e. The molecule has 314 valence electrons. The second kappa shape index (κ2) is 24.4. The number of esters is 4. The number of hydrazine groups is 1. The van der Waals surface area contributed by atoms with Crippen LogP contribution in [0.5, 0.6) is 23.0 Å². The lowest BCUT2D eigenvalue weighted by Gasteiger charge is -2.14. The van der Waals surface area contributed by atoms with Crippen LogP contribution in [0.3, 0.4) is 0 Å². The molecule has 0 aliphatic carbocycles. The summed E-state index contributed by atoms with van der Waals surface area (Å²) in [5.41, 5.74) is 8.32. The summed E-state index contributed by atoms with van der Waals surface area (Å²) < 4.78 is 34.2. The number of thiazole rings is 1. The third-order valence-corrected chi connectivity index (χ3v) is 9.78. The monoisotopic (exact) mass is 835 g/mol. The van der Waals surface area contributed by atoms with Gasteiger partial charge in [0.05, 0.1) is 47.8 Å². The Morgan fingerprint density at radius 2 is 1.12 bits per heavy atom. The van der Waals surface area contributed by atoms with Gasteiger partial charge in [-0.3, -0.25) is 5.43 Å². The Labute approximate surface area is 353 Å². The molecule has 5 aromatic rings. The summed E-state index contributed by atoms with van der Waals surface area (Å²) in [6.45, 7) is 8.71. The fraction of sp³-hybridized carbons (Fsp3) is 0.283. The summed E-state index contributed by atoms with van der Waals surface area (Å²) in [6, 6.07) is 26.0. The quantitative estimate of drug-likeness (QED) is 0.0179. The Kier molecular flexibility index (Phi) is 18.1. The molecule has 0 aliphatic rings. The Morgan fingerprint density at radius 1 is 0.600 bits per heavy atom. The van der Waals surface area contributed by atoms with Gasteiger partial charge in [0.2, 0.25) is 0 Å². The van der Waals surface area contributed by atoms with E-state index in [0.717, 1.165) is 73.7 Å². The molecule has 0 fully saturated rings. The van der Waals surface area contributed by atoms with Crippen LogP contribution in [0.1, 0.15) is 77.6 Å². The Balaban J connectivity index is 1.13. The van der Waals surface area contributed by atoms with Crippen LogP contribution in [0.15, 0.2) is 116 Å². The van der Waals surface area contributed by atoms with Crippen molar-refractivity contribution in [3.63, 3.8) is 0 Å². The molecule has 1 aromatic heterocycles. The van der Waals surface area contributed by atoms with Crippen LogP contribution in [0.25, 0.3) is 10.2 Å². The molecule has 13 nitrogen and oxygen atoms in total. The zero-order valence-electron chi connectivity index (χ0n) is 33.4. The molecule has 2 N–H and O–H groups in total. The van der Waals surface area contributed by atoms with Crippen molar-refractivity contribution < 1.29 is 47.6 Å². The summed E-state index contributed by atoms with van der Waals surface area (Å²) >= 11 is 1.48. The molecule has 0 bridgehead atoms. The first-order valence-corrected chi connectivity index (χ1v) is 20.6. The van der Waals surface area contributed by atoms with Gasteiger partial charge in [0, 0.05) is 24.3 Å². The summed E-state index contributed by atoms with van der Waals surface area (Å²) in [4.78, 5) is 53.3. The number of para-hydroxylation sites is 1. The van der Waals surface area contributed by atoms with Gasteiger partial charge in [0.1, 0.15) is 23.0 Å². The van der Waals surface area contributed by atoms with Crippen LogP contribution in [0, 0.1) is 0 Å². The molecule has 0 amide bonds. The van der Waals surface area contributed by atoms with Crippen molar-refractivity contribution in [3.8, 4) is 23.0 Å². The molecule has 0 unspecified atom stereocenters. The highest BCUT2D eigenvalue weighted by Crippen LogP contribution is 2.28. The predicted octanol–water partition coefficient (Wildman–Crippen LogP) is 9.19. The highest BCUT2D eigenvalue weighted by Gasteiger charge is 2.16. The average molecular weight is 836 g/mol. The van der Waals surface area contributed by atoms with Crippen molar-refractivity contribution in [1.29, 1.82) is 0 Å². The number of ether oxygens (including phenoxy) is 6. The van der Waals surface area contributed by atoms with E-state index in [-0.39, 0.29) is 18.0 Å². The third-order valence-electron chi connectivity index (χ3n) is 8.83. The fourth-order valence-corrected chi connectivity index (χ4v) is 6.50. The van der Waals surface area contributed by atoms with E-state index in [1.165, 1.54) is 11.3 Å². The first-order chi connectivity index (χ1) is 29.3. The number of carbonyl (C=O) groups is 4. The minimum Gasteiger partial charge on any atom is -0.494 e. The van der Waals surface area contributed by atoms with E-state index in [2.05, 4.69) is 29.0 Å². The number of nitrogens with one attached hydrogen (secondary N) is 2. The van der Waals surface area contributed by atoms with Crippen molar-refractivity contribution in [2.45, 2.75) is 57.9 Å². The van der Waals surface area contributed by atoms with E-state index in [9.17, 15) is 19.2 Å². The van der Waals surface area contributed by atoms with Gasteiger partial charge in [0.25, 0.3) is 0 Å². The summed E-state index contributed by atoms with van der Waals surface area (Å²) in [5, 5.41) is 0.655. The maximum atomic E-state index is 13.3. The first-order valence-electron chi connectivity index (χ1n) is 19.8. The van der Waals surface area contributed by atoms with Gasteiger partial charge in [0.15, 0.2) is 5.13 Å². The number of rotatable bonds is 26. The number of fused-ring (bicyclic) bond motifs is 1. The van der Waals surface area contributed by atoms with Crippen molar-refractivity contribution >= 4 is 50.6 Å². The van der Waals surface area contributed by atoms with Crippen LogP contribution < -0.4 is 29.8 Å². The van der Waals surface area contributed by atoms with Crippen molar-refractivity contribution in [3.05, 3.63) is 133 Å². The molecular weight excluding hydrogens is 787 g/mol. The molecule has 0 saturated heterocycles. The smallest absolute Gasteiger partial charge is 0.343 e. The molecular formula is C46H49N3O10S. The van der Waals surface area contributed by atoms with Gasteiger partial charge in [-0.2, -0.15) is 0 Å². The van der Waals surface area contributed by atoms with Gasteiger partial charge in [-0.15, -0.1) is 0 Å². The van der Waals surface area contributed by atoms with E-state index in [1.807, 2.05) is 24.3 Å². The molecule has 0 aliphatic heterocycles. The highest BCUT2D eigenvalue weighted by molar-refractivity contribution is 7.22. The number of anilines is 1. The molecule has 4 aromatic carbocycles. The van der Waals surface area contributed by atoms with Crippen LogP contribution in [-0.4, -0.2) is 55.3 Å². The van der Waals surface area contributed by atoms with Crippen LogP contribution >= 0.6 is 11.3 Å². The maximum absolute atomic E-state index is 13.3. The minimum atomic E-state index is -0.572. The van der Waals surface area contributed by atoms with Crippen LogP contribution in [0.4, 0.5) is 5.13 Å². The minimum absolute atomic E-state index is 0.186. The number of aromatic nitrogens is 1. The number of hydrogen-bond acceptors (Lipinski definition) is 14. The lowest BCUT2D eigenvalue weighted by molar-refractivity contribution is -0.138. The predicted molar refractivity (Wildman–Crippen MR) is 230 cm³/mol. The van der Waals surface area contributed by atoms with E-state index in [1.54, 1.807) is 66.7 Å². The van der Waals surface area contributed by atoms with Gasteiger partial charge < -0.3 is 28.4 Å². The van der Waals surface area contributed by atoms with Crippen molar-refractivity contribution in [2.24, 2.45) is 0 Å². The number of nitrogens with zero attached hydrogens (tertiary/aromatic N) is 1. The fourth-order valence-electron chi connectivity index (χ4n) is 5.66. The molecule has 1 heterocycles. The first kappa shape index (κ1) is 44.6. The number of carbonyl (C=O) groups excluding carboxylic acids is 4. The van der Waals surface area contributed by atoms with Crippen molar-refractivity contribution in [2.75, 3.05) is 31.9 Å². The summed E-state index contributed by atoms with van der Waals surface area (Å²) in [6.07, 6.45) is 9.19. The molecule has 60 heavy (non-hydrogen) atoms. The number of benzene rings is 4. The number of unbranched alkanes of at least 4 members (excludes halogenated alkanes) is 6. The standard InChI is InChI=1S/C46H49N3O10S/c1-3-42(50)56-29-13-7-5-11-27-54-36-21-17-33(18-22-36)44(52)58-38-25-26-40(35(31-38)32-47-49-46-48-39-15-9-10-16-41(39)60-46)59-45(53)34-19-23-37(24-20-34)55-28-12-6-8-14-30-57-43(51)4-2/h3-4,9-10,15-26,31,47H,1-2,5-8,11-14,27-30,32H2,(H,48,49). The molecule has 5 rings (SSSR count). The molecule has 14 heteroatoms.